The van der Waals surface area contributed by atoms with Crippen molar-refractivity contribution in [2.24, 2.45) is 0 Å². The lowest BCUT2D eigenvalue weighted by atomic mass is 10.1. The summed E-state index contributed by atoms with van der Waals surface area (Å²) in [5.41, 5.74) is 7.07. The van der Waals surface area contributed by atoms with E-state index in [9.17, 15) is 4.79 Å². The first-order valence-electron chi connectivity index (χ1n) is 5.84. The monoisotopic (exact) mass is 273 g/mol. The highest BCUT2D eigenvalue weighted by atomic mass is 32.2. The van der Waals surface area contributed by atoms with Crippen LogP contribution in [0.1, 0.15) is 10.4 Å². The molecule has 4 heteroatoms. The SMILES string of the molecule is COc1cccc(C(=O)CSc2cccc(N)c2)c1. The van der Waals surface area contributed by atoms with Gasteiger partial charge in [-0.15, -0.1) is 11.8 Å². The second-order valence-corrected chi connectivity index (χ2v) is 5.07. The van der Waals surface area contributed by atoms with Crippen LogP contribution in [0.5, 0.6) is 5.75 Å². The number of hydrogen-bond donors (Lipinski definition) is 1. The molecule has 0 saturated heterocycles. The summed E-state index contributed by atoms with van der Waals surface area (Å²) in [6.07, 6.45) is 0. The molecule has 0 radical (unpaired) electrons. The number of nitrogens with two attached hydrogens (primary N) is 1. The summed E-state index contributed by atoms with van der Waals surface area (Å²) in [5.74, 6) is 1.16. The number of Topliss-reactive ketones (excluding diaryl/α,β-unsaturated/α-hetero) is 1. The molecule has 0 heterocycles. The average molecular weight is 273 g/mol. The summed E-state index contributed by atoms with van der Waals surface area (Å²) >= 11 is 1.48. The molecule has 2 rings (SSSR count). The molecule has 0 aliphatic carbocycles. The van der Waals surface area contributed by atoms with Gasteiger partial charge in [-0.05, 0) is 30.3 Å². The molecular formula is C15H15NO2S. The first kappa shape index (κ1) is 13.5. The smallest absolute Gasteiger partial charge is 0.173 e. The van der Waals surface area contributed by atoms with Gasteiger partial charge in [0, 0.05) is 16.1 Å². The van der Waals surface area contributed by atoms with E-state index in [1.165, 1.54) is 11.8 Å². The van der Waals surface area contributed by atoms with Crippen molar-refractivity contribution >= 4 is 23.2 Å². The molecule has 2 N–H and O–H groups in total. The van der Waals surface area contributed by atoms with Crippen LogP contribution in [-0.4, -0.2) is 18.6 Å². The minimum atomic E-state index is 0.0753. The van der Waals surface area contributed by atoms with Gasteiger partial charge in [-0.1, -0.05) is 18.2 Å². The van der Waals surface area contributed by atoms with Crippen molar-refractivity contribution in [3.63, 3.8) is 0 Å². The van der Waals surface area contributed by atoms with Crippen LogP contribution in [0.4, 0.5) is 5.69 Å². The van der Waals surface area contributed by atoms with Crippen LogP contribution < -0.4 is 10.5 Å². The maximum absolute atomic E-state index is 12.1. The number of methoxy groups -OCH3 is 1. The number of carbonyl (C=O) groups excluding carboxylic acids is 1. The Morgan fingerprint density at radius 2 is 2.00 bits per heavy atom. The molecule has 3 nitrogen and oxygen atoms in total. The van der Waals surface area contributed by atoms with Gasteiger partial charge in [0.15, 0.2) is 5.78 Å². The molecular weight excluding hydrogens is 258 g/mol. The number of ketones is 1. The van der Waals surface area contributed by atoms with Crippen LogP contribution in [0.15, 0.2) is 53.4 Å². The maximum atomic E-state index is 12.1. The molecule has 2 aromatic rings. The number of rotatable bonds is 5. The lowest BCUT2D eigenvalue weighted by Gasteiger charge is -2.04. The molecule has 0 aliphatic rings. The second-order valence-electron chi connectivity index (χ2n) is 4.02. The van der Waals surface area contributed by atoms with E-state index in [0.29, 0.717) is 22.8 Å². The Hall–Kier alpha value is -1.94. The Kier molecular flexibility index (Phi) is 4.47. The van der Waals surface area contributed by atoms with Gasteiger partial charge in [-0.25, -0.2) is 0 Å². The molecule has 98 valence electrons. The fraction of sp³-hybridized carbons (Fsp3) is 0.133. The Balaban J connectivity index is 2.01. The topological polar surface area (TPSA) is 52.3 Å². The summed E-state index contributed by atoms with van der Waals surface area (Å²) in [6, 6.07) is 14.7. The van der Waals surface area contributed by atoms with Crippen LogP contribution in [-0.2, 0) is 0 Å². The summed E-state index contributed by atoms with van der Waals surface area (Å²) in [6.45, 7) is 0. The zero-order valence-electron chi connectivity index (χ0n) is 10.6. The van der Waals surface area contributed by atoms with Gasteiger partial charge in [0.25, 0.3) is 0 Å². The van der Waals surface area contributed by atoms with Crippen LogP contribution in [0.3, 0.4) is 0 Å². The Bertz CT molecular complexity index is 584. The van der Waals surface area contributed by atoms with Crippen molar-refractivity contribution in [2.75, 3.05) is 18.6 Å². The summed E-state index contributed by atoms with van der Waals surface area (Å²) in [5, 5.41) is 0. The molecule has 0 aromatic heterocycles. The number of carbonyl (C=O) groups is 1. The molecule has 0 fully saturated rings. The van der Waals surface area contributed by atoms with E-state index in [4.69, 9.17) is 10.5 Å². The number of anilines is 1. The minimum Gasteiger partial charge on any atom is -0.497 e. The van der Waals surface area contributed by atoms with E-state index < -0.39 is 0 Å². The number of benzene rings is 2. The van der Waals surface area contributed by atoms with Gasteiger partial charge < -0.3 is 10.5 Å². The number of hydrogen-bond acceptors (Lipinski definition) is 4. The van der Waals surface area contributed by atoms with E-state index in [1.807, 2.05) is 36.4 Å². The van der Waals surface area contributed by atoms with Crippen molar-refractivity contribution in [1.29, 1.82) is 0 Å². The fourth-order valence-corrected chi connectivity index (χ4v) is 2.49. The van der Waals surface area contributed by atoms with Gasteiger partial charge in [0.1, 0.15) is 5.75 Å². The Morgan fingerprint density at radius 3 is 2.74 bits per heavy atom. The highest BCUT2D eigenvalue weighted by molar-refractivity contribution is 8.00. The highest BCUT2D eigenvalue weighted by Gasteiger charge is 2.07. The predicted molar refractivity (Wildman–Crippen MR) is 78.9 cm³/mol. The molecule has 0 bridgehead atoms. The third-order valence-corrected chi connectivity index (χ3v) is 3.61. The molecule has 0 saturated carbocycles. The van der Waals surface area contributed by atoms with Gasteiger partial charge in [0.05, 0.1) is 12.9 Å². The summed E-state index contributed by atoms with van der Waals surface area (Å²) in [7, 11) is 1.59. The van der Waals surface area contributed by atoms with Crippen LogP contribution in [0.25, 0.3) is 0 Å². The van der Waals surface area contributed by atoms with Crippen LogP contribution in [0.2, 0.25) is 0 Å². The molecule has 0 spiro atoms. The van der Waals surface area contributed by atoms with Crippen molar-refractivity contribution in [3.05, 3.63) is 54.1 Å². The van der Waals surface area contributed by atoms with E-state index in [-0.39, 0.29) is 5.78 Å². The standard InChI is InChI=1S/C15H15NO2S/c1-18-13-6-2-4-11(8-13)15(17)10-19-14-7-3-5-12(16)9-14/h2-9H,10,16H2,1H3. The molecule has 2 aromatic carbocycles. The number of thioether (sulfide) groups is 1. The molecule has 19 heavy (non-hydrogen) atoms. The third kappa shape index (κ3) is 3.76. The van der Waals surface area contributed by atoms with Crippen LogP contribution >= 0.6 is 11.8 Å². The minimum absolute atomic E-state index is 0.0753. The molecule has 0 aliphatic heterocycles. The van der Waals surface area contributed by atoms with E-state index in [2.05, 4.69) is 0 Å². The molecule has 0 atom stereocenters. The highest BCUT2D eigenvalue weighted by Crippen LogP contribution is 2.22. The maximum Gasteiger partial charge on any atom is 0.173 e. The molecule has 0 amide bonds. The Labute approximate surface area is 116 Å². The van der Waals surface area contributed by atoms with Gasteiger partial charge in [-0.3, -0.25) is 4.79 Å². The summed E-state index contributed by atoms with van der Waals surface area (Å²) in [4.78, 5) is 13.1. The zero-order valence-corrected chi connectivity index (χ0v) is 11.4. The normalized spacial score (nSPS) is 10.2. The van der Waals surface area contributed by atoms with Crippen molar-refractivity contribution in [1.82, 2.24) is 0 Å². The lowest BCUT2D eigenvalue weighted by Crippen LogP contribution is -2.02. The predicted octanol–water partition coefficient (Wildman–Crippen LogP) is 3.25. The van der Waals surface area contributed by atoms with Gasteiger partial charge in [0.2, 0.25) is 0 Å². The second kappa shape index (κ2) is 6.29. The van der Waals surface area contributed by atoms with E-state index >= 15 is 0 Å². The third-order valence-electron chi connectivity index (χ3n) is 2.62. The van der Waals surface area contributed by atoms with Gasteiger partial charge >= 0.3 is 0 Å². The number of ether oxygens (including phenoxy) is 1. The van der Waals surface area contributed by atoms with Crippen molar-refractivity contribution < 1.29 is 9.53 Å². The van der Waals surface area contributed by atoms with Crippen LogP contribution in [0, 0.1) is 0 Å². The van der Waals surface area contributed by atoms with Gasteiger partial charge in [-0.2, -0.15) is 0 Å². The number of nitrogen functional groups attached to an aromatic ring is 1. The fourth-order valence-electron chi connectivity index (χ4n) is 1.63. The summed E-state index contributed by atoms with van der Waals surface area (Å²) < 4.78 is 5.11. The average Bonchev–Trinajstić information content (AvgIpc) is 2.45. The van der Waals surface area contributed by atoms with E-state index in [1.54, 1.807) is 19.2 Å². The van der Waals surface area contributed by atoms with E-state index in [0.717, 1.165) is 4.90 Å². The quantitative estimate of drug-likeness (QED) is 0.516. The first-order chi connectivity index (χ1) is 9.19. The van der Waals surface area contributed by atoms with Crippen molar-refractivity contribution in [3.8, 4) is 5.75 Å². The zero-order chi connectivity index (χ0) is 13.7. The first-order valence-corrected chi connectivity index (χ1v) is 6.83. The molecule has 0 unspecified atom stereocenters. The van der Waals surface area contributed by atoms with Crippen molar-refractivity contribution in [2.45, 2.75) is 4.90 Å². The lowest BCUT2D eigenvalue weighted by molar-refractivity contribution is 0.102. The largest absolute Gasteiger partial charge is 0.497 e. The Morgan fingerprint density at radius 1 is 1.21 bits per heavy atom.